The van der Waals surface area contributed by atoms with Crippen LogP contribution in [0.4, 0.5) is 5.69 Å². The zero-order valence-corrected chi connectivity index (χ0v) is 13.3. The Bertz CT molecular complexity index is 483. The van der Waals surface area contributed by atoms with E-state index in [-0.39, 0.29) is 5.91 Å². The summed E-state index contributed by atoms with van der Waals surface area (Å²) in [5.74, 6) is 1.25. The van der Waals surface area contributed by atoms with Gasteiger partial charge in [-0.25, -0.2) is 0 Å². The number of fused-ring (bicyclic) bond motifs is 1. The molecule has 0 saturated heterocycles. The van der Waals surface area contributed by atoms with Gasteiger partial charge in [0.1, 0.15) is 0 Å². The van der Waals surface area contributed by atoms with E-state index in [1.54, 1.807) is 0 Å². The van der Waals surface area contributed by atoms with Gasteiger partial charge in [0.25, 0.3) is 0 Å². The monoisotopic (exact) mass is 304 g/mol. The molecule has 1 N–H and O–H groups in total. The predicted molar refractivity (Wildman–Crippen MR) is 89.0 cm³/mol. The molecule has 1 fully saturated rings. The highest BCUT2D eigenvalue weighted by molar-refractivity contribution is 7.99. The highest BCUT2D eigenvalue weighted by Crippen LogP contribution is 2.33. The molecule has 21 heavy (non-hydrogen) atoms. The normalized spacial score (nSPS) is 19.7. The van der Waals surface area contributed by atoms with Gasteiger partial charge in [0.15, 0.2) is 0 Å². The fourth-order valence-corrected chi connectivity index (χ4v) is 4.31. The molecule has 3 nitrogen and oxygen atoms in total. The number of thioether (sulfide) groups is 1. The molecule has 1 heterocycles. The lowest BCUT2D eigenvalue weighted by Crippen LogP contribution is -2.43. The van der Waals surface area contributed by atoms with E-state index in [9.17, 15) is 4.79 Å². The molecule has 0 unspecified atom stereocenters. The number of carbonyl (C=O) groups excluding carboxylic acids is 1. The summed E-state index contributed by atoms with van der Waals surface area (Å²) in [4.78, 5) is 15.9. The first kappa shape index (κ1) is 14.8. The minimum absolute atomic E-state index is 0.184. The number of carbonyl (C=O) groups is 1. The molecule has 1 amide bonds. The number of rotatable bonds is 3. The summed E-state index contributed by atoms with van der Waals surface area (Å²) in [5, 5.41) is 3.25. The topological polar surface area (TPSA) is 32.3 Å². The summed E-state index contributed by atoms with van der Waals surface area (Å²) in [6.07, 6.45) is 7.46. The first-order valence-corrected chi connectivity index (χ1v) is 9.07. The highest BCUT2D eigenvalue weighted by atomic mass is 32.2. The van der Waals surface area contributed by atoms with E-state index in [0.29, 0.717) is 12.6 Å². The number of nitrogens with one attached hydrogen (secondary N) is 1. The van der Waals surface area contributed by atoms with E-state index < -0.39 is 0 Å². The standard InChI is InChI=1S/C17H24N2OS/c20-17(18-14-7-3-1-2-4-8-14)13-19-11-12-21-16-10-6-5-9-15(16)19/h5-6,9-10,14H,1-4,7-8,11-13H2,(H,18,20). The first-order chi connectivity index (χ1) is 10.3. The molecule has 0 radical (unpaired) electrons. The van der Waals surface area contributed by atoms with Crippen LogP contribution in [0.25, 0.3) is 0 Å². The number of amides is 1. The lowest BCUT2D eigenvalue weighted by molar-refractivity contribution is -0.120. The molecular formula is C17H24N2OS. The van der Waals surface area contributed by atoms with Gasteiger partial charge in [-0.2, -0.15) is 0 Å². The largest absolute Gasteiger partial charge is 0.360 e. The maximum absolute atomic E-state index is 12.3. The third kappa shape index (κ3) is 3.94. The number of anilines is 1. The number of para-hydroxylation sites is 1. The molecule has 0 aromatic heterocycles. The van der Waals surface area contributed by atoms with Crippen LogP contribution >= 0.6 is 11.8 Å². The van der Waals surface area contributed by atoms with Crippen molar-refractivity contribution in [3.8, 4) is 0 Å². The molecular weight excluding hydrogens is 280 g/mol. The van der Waals surface area contributed by atoms with Gasteiger partial charge in [-0.05, 0) is 25.0 Å². The molecule has 0 atom stereocenters. The van der Waals surface area contributed by atoms with Crippen molar-refractivity contribution in [2.24, 2.45) is 0 Å². The average molecular weight is 304 g/mol. The smallest absolute Gasteiger partial charge is 0.239 e. The number of hydrogen-bond acceptors (Lipinski definition) is 3. The van der Waals surface area contributed by atoms with Gasteiger partial charge < -0.3 is 10.2 Å². The van der Waals surface area contributed by atoms with Crippen molar-refractivity contribution < 1.29 is 4.79 Å². The summed E-state index contributed by atoms with van der Waals surface area (Å²) in [5.41, 5.74) is 1.21. The predicted octanol–water partition coefficient (Wildman–Crippen LogP) is 3.44. The van der Waals surface area contributed by atoms with Crippen molar-refractivity contribution in [3.63, 3.8) is 0 Å². The summed E-state index contributed by atoms with van der Waals surface area (Å²) < 4.78 is 0. The summed E-state index contributed by atoms with van der Waals surface area (Å²) in [7, 11) is 0. The first-order valence-electron chi connectivity index (χ1n) is 8.09. The lowest BCUT2D eigenvalue weighted by atomic mass is 10.1. The minimum Gasteiger partial charge on any atom is -0.360 e. The van der Waals surface area contributed by atoms with E-state index >= 15 is 0 Å². The molecule has 0 spiro atoms. The Morgan fingerprint density at radius 1 is 1.19 bits per heavy atom. The summed E-state index contributed by atoms with van der Waals surface area (Å²) >= 11 is 1.88. The van der Waals surface area contributed by atoms with Crippen LogP contribution in [0.15, 0.2) is 29.2 Å². The van der Waals surface area contributed by atoms with Gasteiger partial charge in [0, 0.05) is 23.2 Å². The van der Waals surface area contributed by atoms with Crippen molar-refractivity contribution >= 4 is 23.4 Å². The van der Waals surface area contributed by atoms with E-state index in [1.807, 2.05) is 11.8 Å². The molecule has 1 aliphatic heterocycles. The zero-order chi connectivity index (χ0) is 14.5. The molecule has 2 aliphatic rings. The molecule has 1 aromatic carbocycles. The zero-order valence-electron chi connectivity index (χ0n) is 12.5. The molecule has 1 aliphatic carbocycles. The molecule has 1 saturated carbocycles. The van der Waals surface area contributed by atoms with E-state index in [0.717, 1.165) is 25.1 Å². The van der Waals surface area contributed by atoms with Gasteiger partial charge in [0.2, 0.25) is 5.91 Å². The van der Waals surface area contributed by atoms with Crippen molar-refractivity contribution in [1.29, 1.82) is 0 Å². The Balaban J connectivity index is 1.58. The van der Waals surface area contributed by atoms with Crippen LogP contribution < -0.4 is 10.2 Å². The second-order valence-corrected chi connectivity index (χ2v) is 7.13. The van der Waals surface area contributed by atoms with Crippen LogP contribution in [-0.4, -0.2) is 30.8 Å². The van der Waals surface area contributed by atoms with Crippen LogP contribution in [0.1, 0.15) is 38.5 Å². The fourth-order valence-electron chi connectivity index (χ4n) is 3.26. The molecule has 1 aromatic rings. The van der Waals surface area contributed by atoms with Gasteiger partial charge in [-0.3, -0.25) is 4.79 Å². The Hall–Kier alpha value is -1.16. The molecule has 4 heteroatoms. The van der Waals surface area contributed by atoms with Crippen LogP contribution in [0.5, 0.6) is 0 Å². The lowest BCUT2D eigenvalue weighted by Gasteiger charge is -2.30. The van der Waals surface area contributed by atoms with E-state index in [1.165, 1.54) is 36.3 Å². The number of benzene rings is 1. The van der Waals surface area contributed by atoms with Crippen LogP contribution in [-0.2, 0) is 4.79 Å². The quantitative estimate of drug-likeness (QED) is 0.868. The van der Waals surface area contributed by atoms with Crippen LogP contribution in [0, 0.1) is 0 Å². The van der Waals surface area contributed by atoms with Crippen molar-refractivity contribution in [1.82, 2.24) is 5.32 Å². The van der Waals surface area contributed by atoms with E-state index in [4.69, 9.17) is 0 Å². The van der Waals surface area contributed by atoms with Crippen molar-refractivity contribution in [2.75, 3.05) is 23.7 Å². The second-order valence-electron chi connectivity index (χ2n) is 5.99. The Kier molecular flexibility index (Phi) is 5.07. The summed E-state index contributed by atoms with van der Waals surface area (Å²) in [6.45, 7) is 1.45. The highest BCUT2D eigenvalue weighted by Gasteiger charge is 2.21. The average Bonchev–Trinajstić information content (AvgIpc) is 2.76. The van der Waals surface area contributed by atoms with Crippen LogP contribution in [0.2, 0.25) is 0 Å². The number of hydrogen-bond donors (Lipinski definition) is 1. The molecule has 114 valence electrons. The molecule has 0 bridgehead atoms. The third-order valence-corrected chi connectivity index (χ3v) is 5.42. The maximum atomic E-state index is 12.3. The Labute approximate surface area is 131 Å². The minimum atomic E-state index is 0.184. The van der Waals surface area contributed by atoms with Crippen molar-refractivity contribution in [2.45, 2.75) is 49.5 Å². The van der Waals surface area contributed by atoms with Gasteiger partial charge in [-0.15, -0.1) is 11.8 Å². The maximum Gasteiger partial charge on any atom is 0.239 e. The SMILES string of the molecule is O=C(CN1CCSc2ccccc21)NC1CCCCCC1. The van der Waals surface area contributed by atoms with Crippen molar-refractivity contribution in [3.05, 3.63) is 24.3 Å². The van der Waals surface area contributed by atoms with Gasteiger partial charge in [-0.1, -0.05) is 37.8 Å². The van der Waals surface area contributed by atoms with Gasteiger partial charge in [0.05, 0.1) is 12.2 Å². The summed E-state index contributed by atoms with van der Waals surface area (Å²) in [6, 6.07) is 8.80. The second kappa shape index (κ2) is 7.21. The number of nitrogens with zero attached hydrogens (tertiary/aromatic N) is 1. The Morgan fingerprint density at radius 3 is 2.76 bits per heavy atom. The third-order valence-electron chi connectivity index (χ3n) is 4.38. The molecule has 3 rings (SSSR count). The van der Waals surface area contributed by atoms with Gasteiger partial charge >= 0.3 is 0 Å². The Morgan fingerprint density at radius 2 is 1.95 bits per heavy atom. The van der Waals surface area contributed by atoms with Crippen LogP contribution in [0.3, 0.4) is 0 Å². The fraction of sp³-hybridized carbons (Fsp3) is 0.588. The van der Waals surface area contributed by atoms with E-state index in [2.05, 4.69) is 34.5 Å².